The first-order valence-corrected chi connectivity index (χ1v) is 8.27. The van der Waals surface area contributed by atoms with Crippen LogP contribution in [0.4, 0.5) is 5.00 Å². The van der Waals surface area contributed by atoms with Crippen molar-refractivity contribution in [2.24, 2.45) is 0 Å². The lowest BCUT2D eigenvalue weighted by atomic mass is 10.1. The van der Waals surface area contributed by atoms with Crippen molar-refractivity contribution >= 4 is 28.2 Å². The molecule has 0 spiro atoms. The highest BCUT2D eigenvalue weighted by Crippen LogP contribution is 2.33. The van der Waals surface area contributed by atoms with E-state index in [1.165, 1.54) is 0 Å². The van der Waals surface area contributed by atoms with Crippen LogP contribution in [-0.2, 0) is 4.74 Å². The highest BCUT2D eigenvalue weighted by Gasteiger charge is 2.23. The Morgan fingerprint density at radius 3 is 2.38 bits per heavy atom. The van der Waals surface area contributed by atoms with Crippen LogP contribution >= 0.6 is 11.3 Å². The number of nitriles is 1. The van der Waals surface area contributed by atoms with Crippen LogP contribution in [0.3, 0.4) is 0 Å². The number of aryl methyl sites for hydroxylation is 1. The summed E-state index contributed by atoms with van der Waals surface area (Å²) < 4.78 is 5.18. The number of rotatable bonds is 4. The van der Waals surface area contributed by atoms with Crippen molar-refractivity contribution < 1.29 is 14.3 Å². The highest BCUT2D eigenvalue weighted by molar-refractivity contribution is 7.18. The summed E-state index contributed by atoms with van der Waals surface area (Å²) >= 11 is 1.06. The first-order valence-electron chi connectivity index (χ1n) is 7.46. The van der Waals surface area contributed by atoms with Crippen LogP contribution in [0.1, 0.15) is 50.6 Å². The molecule has 124 valence electrons. The number of anilines is 1. The number of thiophene rings is 1. The van der Waals surface area contributed by atoms with Gasteiger partial charge in [-0.25, -0.2) is 4.79 Å². The Morgan fingerprint density at radius 2 is 1.83 bits per heavy atom. The Balaban J connectivity index is 2.30. The smallest absolute Gasteiger partial charge is 0.348 e. The van der Waals surface area contributed by atoms with E-state index in [1.807, 2.05) is 25.1 Å². The number of esters is 1. The molecule has 24 heavy (non-hydrogen) atoms. The topological polar surface area (TPSA) is 79.2 Å². The summed E-state index contributed by atoms with van der Waals surface area (Å²) in [4.78, 5) is 24.8. The van der Waals surface area contributed by atoms with Crippen LogP contribution in [0.25, 0.3) is 0 Å². The second-order valence-corrected chi connectivity index (χ2v) is 6.67. The van der Waals surface area contributed by atoms with Crippen molar-refractivity contribution in [3.63, 3.8) is 0 Å². The largest absolute Gasteiger partial charge is 0.459 e. The van der Waals surface area contributed by atoms with Gasteiger partial charge in [-0.05, 0) is 45.4 Å². The molecule has 1 amide bonds. The maximum Gasteiger partial charge on any atom is 0.348 e. The second kappa shape index (κ2) is 7.28. The van der Waals surface area contributed by atoms with Crippen LogP contribution in [0.2, 0.25) is 0 Å². The summed E-state index contributed by atoms with van der Waals surface area (Å²) in [5.74, 6) is -0.809. The fourth-order valence-electron chi connectivity index (χ4n) is 2.08. The number of carbonyl (C=O) groups is 2. The first kappa shape index (κ1) is 17.7. The lowest BCUT2D eigenvalue weighted by Gasteiger charge is -2.06. The van der Waals surface area contributed by atoms with Crippen molar-refractivity contribution in [3.05, 3.63) is 51.4 Å². The number of carbonyl (C=O) groups excluding carboxylic acids is 2. The molecule has 0 saturated carbocycles. The van der Waals surface area contributed by atoms with Gasteiger partial charge >= 0.3 is 5.97 Å². The zero-order chi connectivity index (χ0) is 17.9. The molecular weight excluding hydrogens is 324 g/mol. The van der Waals surface area contributed by atoms with Crippen LogP contribution in [0, 0.1) is 25.2 Å². The normalized spacial score (nSPS) is 10.3. The Bertz CT molecular complexity index is 814. The number of nitrogens with one attached hydrogen (secondary N) is 1. The molecular formula is C18H18N2O3S. The van der Waals surface area contributed by atoms with Crippen LogP contribution in [0.5, 0.6) is 0 Å². The van der Waals surface area contributed by atoms with Gasteiger partial charge in [-0.1, -0.05) is 17.7 Å². The van der Waals surface area contributed by atoms with E-state index >= 15 is 0 Å². The molecule has 0 aliphatic heterocycles. The minimum absolute atomic E-state index is 0.255. The number of nitrogens with zero attached hydrogens (tertiary/aromatic N) is 1. The van der Waals surface area contributed by atoms with Crippen LogP contribution in [0.15, 0.2) is 24.3 Å². The number of hydrogen-bond acceptors (Lipinski definition) is 5. The third kappa shape index (κ3) is 3.81. The van der Waals surface area contributed by atoms with Crippen molar-refractivity contribution in [2.45, 2.75) is 33.8 Å². The Kier molecular flexibility index (Phi) is 5.37. The van der Waals surface area contributed by atoms with E-state index in [4.69, 9.17) is 4.74 Å². The van der Waals surface area contributed by atoms with Crippen LogP contribution in [-0.4, -0.2) is 18.0 Å². The molecule has 1 aromatic heterocycles. The Morgan fingerprint density at radius 1 is 1.21 bits per heavy atom. The summed E-state index contributed by atoms with van der Waals surface area (Å²) in [6.07, 6.45) is -0.255. The van der Waals surface area contributed by atoms with Gasteiger partial charge in [0.25, 0.3) is 5.91 Å². The van der Waals surface area contributed by atoms with Gasteiger partial charge in [-0.2, -0.15) is 5.26 Å². The fraction of sp³-hybridized carbons (Fsp3) is 0.278. The lowest BCUT2D eigenvalue weighted by molar-refractivity contribution is 0.0383. The van der Waals surface area contributed by atoms with E-state index in [9.17, 15) is 14.9 Å². The van der Waals surface area contributed by atoms with E-state index in [0.717, 1.165) is 16.9 Å². The van der Waals surface area contributed by atoms with Crippen LogP contribution < -0.4 is 5.32 Å². The average molecular weight is 342 g/mol. The van der Waals surface area contributed by atoms with Crippen molar-refractivity contribution in [2.75, 3.05) is 5.32 Å². The van der Waals surface area contributed by atoms with E-state index in [2.05, 4.69) is 5.32 Å². The summed E-state index contributed by atoms with van der Waals surface area (Å²) in [6, 6.07) is 9.15. The molecule has 0 aliphatic carbocycles. The quantitative estimate of drug-likeness (QED) is 0.850. The van der Waals surface area contributed by atoms with E-state index in [0.29, 0.717) is 21.0 Å². The molecule has 6 heteroatoms. The zero-order valence-electron chi connectivity index (χ0n) is 14.0. The molecule has 0 bridgehead atoms. The lowest BCUT2D eigenvalue weighted by Crippen LogP contribution is -2.11. The molecule has 0 atom stereocenters. The van der Waals surface area contributed by atoms with Gasteiger partial charge in [0, 0.05) is 5.56 Å². The van der Waals surface area contributed by atoms with Gasteiger partial charge in [0.15, 0.2) is 0 Å². The first-order chi connectivity index (χ1) is 11.3. The van der Waals surface area contributed by atoms with Gasteiger partial charge in [0.1, 0.15) is 15.9 Å². The molecule has 1 aromatic carbocycles. The van der Waals surface area contributed by atoms with E-state index < -0.39 is 5.97 Å². The third-order valence-corrected chi connectivity index (χ3v) is 4.51. The maximum absolute atomic E-state index is 12.3. The van der Waals surface area contributed by atoms with Gasteiger partial charge in [-0.3, -0.25) is 4.79 Å². The predicted molar refractivity (Wildman–Crippen MR) is 93.5 cm³/mol. The molecule has 2 rings (SSSR count). The predicted octanol–water partition coefficient (Wildman–Crippen LogP) is 4.05. The van der Waals surface area contributed by atoms with E-state index in [-0.39, 0.29) is 17.6 Å². The molecule has 0 fully saturated rings. The molecule has 0 radical (unpaired) electrons. The SMILES string of the molecule is Cc1ccc(C(=O)Nc2sc(C(=O)OC(C)C)c(C)c2C#N)cc1. The molecule has 0 saturated heterocycles. The fourth-order valence-corrected chi connectivity index (χ4v) is 3.11. The number of hydrogen-bond donors (Lipinski definition) is 1. The Hall–Kier alpha value is -2.65. The van der Waals surface area contributed by atoms with Gasteiger partial charge < -0.3 is 10.1 Å². The van der Waals surface area contributed by atoms with Gasteiger partial charge in [0.05, 0.1) is 11.7 Å². The van der Waals surface area contributed by atoms with E-state index in [1.54, 1.807) is 32.9 Å². The Labute approximate surface area is 144 Å². The molecule has 0 aliphatic rings. The molecule has 1 heterocycles. The van der Waals surface area contributed by atoms with Gasteiger partial charge in [0.2, 0.25) is 0 Å². The third-order valence-electron chi connectivity index (χ3n) is 3.33. The number of amides is 1. The van der Waals surface area contributed by atoms with Crippen molar-refractivity contribution in [1.82, 2.24) is 0 Å². The standard InChI is InChI=1S/C18H18N2O3S/c1-10(2)23-18(22)15-12(4)14(9-19)17(24-15)20-16(21)13-7-5-11(3)6-8-13/h5-8,10H,1-4H3,(H,20,21). The highest BCUT2D eigenvalue weighted by atomic mass is 32.1. The number of benzene rings is 1. The number of ether oxygens (including phenoxy) is 1. The maximum atomic E-state index is 12.3. The molecule has 1 N–H and O–H groups in total. The summed E-state index contributed by atoms with van der Waals surface area (Å²) in [5, 5.41) is 12.4. The van der Waals surface area contributed by atoms with Crippen molar-refractivity contribution in [1.29, 1.82) is 5.26 Å². The van der Waals surface area contributed by atoms with Gasteiger partial charge in [-0.15, -0.1) is 11.3 Å². The zero-order valence-corrected chi connectivity index (χ0v) is 14.8. The molecule has 2 aromatic rings. The second-order valence-electron chi connectivity index (χ2n) is 5.65. The van der Waals surface area contributed by atoms with Crippen molar-refractivity contribution in [3.8, 4) is 6.07 Å². The minimum Gasteiger partial charge on any atom is -0.459 e. The summed E-state index contributed by atoms with van der Waals surface area (Å²) in [5.41, 5.74) is 2.35. The average Bonchev–Trinajstić information content (AvgIpc) is 2.83. The minimum atomic E-state index is -0.486. The summed E-state index contributed by atoms with van der Waals surface area (Å²) in [6.45, 7) is 7.12. The monoisotopic (exact) mass is 342 g/mol. The molecule has 5 nitrogen and oxygen atoms in total. The summed E-state index contributed by atoms with van der Waals surface area (Å²) in [7, 11) is 0. The molecule has 0 unspecified atom stereocenters.